The van der Waals surface area contributed by atoms with Crippen LogP contribution in [0.5, 0.6) is 0 Å². The minimum Gasteiger partial charge on any atom is -0.376 e. The number of hydrogen-bond donors (Lipinski definition) is 3. The lowest BCUT2D eigenvalue weighted by molar-refractivity contribution is 0.00292. The van der Waals surface area contributed by atoms with Crippen LogP contribution in [-0.2, 0) is 0 Å². The molecule has 0 aromatic rings. The normalized spacial score (nSPS) is 24.1. The number of rotatable bonds is 4. The molecule has 1 saturated carbocycles. The van der Waals surface area contributed by atoms with Crippen LogP contribution in [0.3, 0.4) is 0 Å². The van der Waals surface area contributed by atoms with E-state index in [1.807, 2.05) is 5.48 Å². The van der Waals surface area contributed by atoms with Crippen molar-refractivity contribution in [2.24, 2.45) is 5.92 Å². The van der Waals surface area contributed by atoms with E-state index in [-0.39, 0.29) is 0 Å². The van der Waals surface area contributed by atoms with Gasteiger partial charge in [0.25, 0.3) is 0 Å². The van der Waals surface area contributed by atoms with Crippen molar-refractivity contribution in [3.05, 3.63) is 22.3 Å². The van der Waals surface area contributed by atoms with Crippen LogP contribution in [-0.4, -0.2) is 16.5 Å². The second-order valence-electron chi connectivity index (χ2n) is 5.27. The van der Waals surface area contributed by atoms with Gasteiger partial charge >= 0.3 is 0 Å². The van der Waals surface area contributed by atoms with E-state index in [1.54, 1.807) is 0 Å². The summed E-state index contributed by atoms with van der Waals surface area (Å²) < 4.78 is 0. The molecule has 102 valence electrons. The maximum absolute atomic E-state index is 9.60. The number of halogens is 1. The van der Waals surface area contributed by atoms with Gasteiger partial charge in [0, 0.05) is 11.5 Å². The first-order chi connectivity index (χ1) is 8.72. The molecule has 0 radical (unpaired) electrons. The topological polar surface area (TPSA) is 52.5 Å². The Kier molecular flexibility index (Phi) is 5.25. The molecule has 0 bridgehead atoms. The molecule has 4 heteroatoms. The molecule has 0 spiro atoms. The van der Waals surface area contributed by atoms with Crippen molar-refractivity contribution in [1.82, 2.24) is 5.48 Å². The molecule has 0 heterocycles. The first kappa shape index (κ1) is 14.1. The van der Waals surface area contributed by atoms with Crippen LogP contribution in [0.25, 0.3) is 0 Å². The number of nitrogens with one attached hydrogen (secondary N) is 1. The summed E-state index contributed by atoms with van der Waals surface area (Å²) in [7, 11) is 0. The lowest BCUT2D eigenvalue weighted by atomic mass is 9.88. The quantitative estimate of drug-likeness (QED) is 0.542. The minimum atomic E-state index is -0.934. The third-order valence-electron chi connectivity index (χ3n) is 3.98. The zero-order valence-electron chi connectivity index (χ0n) is 10.7. The summed E-state index contributed by atoms with van der Waals surface area (Å²) >= 11 is 6.38. The Morgan fingerprint density at radius 1 is 1.33 bits per heavy atom. The predicted octanol–water partition coefficient (Wildman–Crippen LogP) is 3.47. The van der Waals surface area contributed by atoms with Gasteiger partial charge in [-0.05, 0) is 49.2 Å². The molecule has 2 rings (SSSR count). The Morgan fingerprint density at radius 2 is 2.06 bits per heavy atom. The molecule has 18 heavy (non-hydrogen) atoms. The van der Waals surface area contributed by atoms with Crippen molar-refractivity contribution in [3.8, 4) is 0 Å². The molecule has 2 aliphatic rings. The molecule has 0 saturated heterocycles. The van der Waals surface area contributed by atoms with Crippen LogP contribution in [0.2, 0.25) is 0 Å². The average molecular weight is 272 g/mol. The van der Waals surface area contributed by atoms with Crippen molar-refractivity contribution in [1.29, 1.82) is 0 Å². The fraction of sp³-hybridized carbons (Fsp3) is 0.714. The third-order valence-corrected chi connectivity index (χ3v) is 4.40. The zero-order valence-corrected chi connectivity index (χ0v) is 11.4. The molecule has 1 atom stereocenters. The fourth-order valence-corrected chi connectivity index (χ4v) is 3.38. The van der Waals surface area contributed by atoms with E-state index >= 15 is 0 Å². The average Bonchev–Trinajstić information content (AvgIpc) is 2.84. The van der Waals surface area contributed by atoms with Crippen molar-refractivity contribution < 1.29 is 10.3 Å². The Bertz CT molecular complexity index is 346. The molecular formula is C14H22ClNO2. The first-order valence-electron chi connectivity index (χ1n) is 6.88. The van der Waals surface area contributed by atoms with Gasteiger partial charge < -0.3 is 10.3 Å². The molecule has 0 amide bonds. The van der Waals surface area contributed by atoms with Gasteiger partial charge in [-0.1, -0.05) is 30.5 Å². The number of aliphatic hydroxyl groups excluding tert-OH is 1. The van der Waals surface area contributed by atoms with Gasteiger partial charge in [-0.25, -0.2) is 0 Å². The van der Waals surface area contributed by atoms with Gasteiger partial charge in [0.05, 0.1) is 0 Å². The summed E-state index contributed by atoms with van der Waals surface area (Å²) in [5.74, 6) is 0.595. The van der Waals surface area contributed by atoms with Gasteiger partial charge in [0.1, 0.15) is 6.23 Å². The largest absolute Gasteiger partial charge is 0.376 e. The van der Waals surface area contributed by atoms with Crippen molar-refractivity contribution >= 4 is 11.6 Å². The molecule has 1 fully saturated rings. The van der Waals surface area contributed by atoms with E-state index in [0.29, 0.717) is 12.3 Å². The van der Waals surface area contributed by atoms with Crippen molar-refractivity contribution in [3.63, 3.8) is 0 Å². The van der Waals surface area contributed by atoms with E-state index in [0.717, 1.165) is 29.9 Å². The highest BCUT2D eigenvalue weighted by Gasteiger charge is 2.25. The molecule has 0 aromatic heterocycles. The lowest BCUT2D eigenvalue weighted by Gasteiger charge is -2.21. The lowest BCUT2D eigenvalue weighted by Crippen LogP contribution is -2.26. The Hall–Kier alpha value is -0.350. The fourth-order valence-electron chi connectivity index (χ4n) is 3.06. The van der Waals surface area contributed by atoms with E-state index < -0.39 is 6.23 Å². The van der Waals surface area contributed by atoms with Crippen LogP contribution in [0, 0.1) is 5.92 Å². The Morgan fingerprint density at radius 3 is 2.72 bits per heavy atom. The van der Waals surface area contributed by atoms with Crippen LogP contribution < -0.4 is 5.48 Å². The number of allylic oxidation sites excluding steroid dienone is 3. The highest BCUT2D eigenvalue weighted by atomic mass is 35.5. The van der Waals surface area contributed by atoms with Crippen molar-refractivity contribution in [2.45, 2.75) is 57.6 Å². The summed E-state index contributed by atoms with van der Waals surface area (Å²) in [6, 6.07) is 0. The van der Waals surface area contributed by atoms with Gasteiger partial charge in [-0.2, -0.15) is 5.48 Å². The van der Waals surface area contributed by atoms with Crippen LogP contribution in [0.4, 0.5) is 0 Å². The Labute approximate surface area is 113 Å². The monoisotopic (exact) mass is 271 g/mol. The highest BCUT2D eigenvalue weighted by molar-refractivity contribution is 6.30. The number of hydroxylamine groups is 1. The van der Waals surface area contributed by atoms with E-state index in [9.17, 15) is 5.11 Å². The molecule has 3 N–H and O–H groups in total. The van der Waals surface area contributed by atoms with Crippen LogP contribution in [0.15, 0.2) is 22.3 Å². The number of aliphatic hydroxyl groups is 1. The maximum atomic E-state index is 9.60. The minimum absolute atomic E-state index is 0.387. The Balaban J connectivity index is 2.21. The van der Waals surface area contributed by atoms with E-state index in [4.69, 9.17) is 16.8 Å². The summed E-state index contributed by atoms with van der Waals surface area (Å²) in [5.41, 5.74) is 4.27. The van der Waals surface area contributed by atoms with Gasteiger partial charge in [-0.15, -0.1) is 0 Å². The molecule has 2 aliphatic carbocycles. The second-order valence-corrected chi connectivity index (χ2v) is 5.72. The molecule has 0 aliphatic heterocycles. The third kappa shape index (κ3) is 3.35. The molecule has 3 nitrogen and oxygen atoms in total. The SMILES string of the molecule is ONC(O)CC1=C(Cl)CCCC=C1C1CCCC1. The van der Waals surface area contributed by atoms with Crippen LogP contribution >= 0.6 is 11.6 Å². The van der Waals surface area contributed by atoms with Gasteiger partial charge in [0.2, 0.25) is 0 Å². The molecular weight excluding hydrogens is 250 g/mol. The summed E-state index contributed by atoms with van der Waals surface area (Å²) in [5, 5.41) is 19.2. The highest BCUT2D eigenvalue weighted by Crippen LogP contribution is 2.40. The zero-order chi connectivity index (χ0) is 13.0. The number of hydrogen-bond acceptors (Lipinski definition) is 3. The van der Waals surface area contributed by atoms with Crippen molar-refractivity contribution in [2.75, 3.05) is 0 Å². The summed E-state index contributed by atoms with van der Waals surface area (Å²) in [6.45, 7) is 0. The first-order valence-corrected chi connectivity index (χ1v) is 7.25. The predicted molar refractivity (Wildman–Crippen MR) is 72.3 cm³/mol. The summed E-state index contributed by atoms with van der Waals surface area (Å²) in [6.07, 6.45) is 9.78. The van der Waals surface area contributed by atoms with Gasteiger partial charge in [-0.3, -0.25) is 0 Å². The molecule has 1 unspecified atom stereocenters. The van der Waals surface area contributed by atoms with Crippen LogP contribution in [0.1, 0.15) is 51.4 Å². The second kappa shape index (κ2) is 6.71. The van der Waals surface area contributed by atoms with E-state index in [2.05, 4.69) is 6.08 Å². The maximum Gasteiger partial charge on any atom is 0.130 e. The smallest absolute Gasteiger partial charge is 0.130 e. The summed E-state index contributed by atoms with van der Waals surface area (Å²) in [4.78, 5) is 0. The standard InChI is InChI=1S/C14H22ClNO2/c15-13-8-4-3-7-11(10-5-1-2-6-10)12(13)9-14(17)16-18/h7,10,14,16-18H,1-6,8-9H2. The molecule has 0 aromatic carbocycles. The van der Waals surface area contributed by atoms with Gasteiger partial charge in [0.15, 0.2) is 0 Å². The van der Waals surface area contributed by atoms with E-state index in [1.165, 1.54) is 31.3 Å².